The number of unbranched alkanes of at least 4 members (excludes halogenated alkanes) is 1. The molecule has 0 aromatic heterocycles. The van der Waals surface area contributed by atoms with Gasteiger partial charge in [-0.25, -0.2) is 0 Å². The summed E-state index contributed by atoms with van der Waals surface area (Å²) in [5.74, 6) is 1.37. The van der Waals surface area contributed by atoms with Crippen LogP contribution in [0.5, 0.6) is 0 Å². The second-order valence-corrected chi connectivity index (χ2v) is 9.72. The van der Waals surface area contributed by atoms with E-state index < -0.39 is 0 Å². The number of allylic oxidation sites excluding steroid dienone is 4. The molecule has 26 heavy (non-hydrogen) atoms. The van der Waals surface area contributed by atoms with Gasteiger partial charge in [-0.05, 0) is 68.1 Å². The molecule has 0 heterocycles. The predicted molar refractivity (Wildman–Crippen MR) is 118 cm³/mol. The first-order chi connectivity index (χ1) is 12.1. The molecule has 0 saturated carbocycles. The quantitative estimate of drug-likeness (QED) is 0.544. The highest BCUT2D eigenvalue weighted by Crippen LogP contribution is 2.46. The van der Waals surface area contributed by atoms with Gasteiger partial charge in [0, 0.05) is 13.1 Å². The van der Waals surface area contributed by atoms with Gasteiger partial charge in [0.05, 0.1) is 0 Å². The van der Waals surface area contributed by atoms with Gasteiger partial charge in [0.1, 0.15) is 0 Å². The zero-order chi connectivity index (χ0) is 20.2. The van der Waals surface area contributed by atoms with Crippen LogP contribution >= 0.6 is 0 Å². The first kappa shape index (κ1) is 25.4. The Labute approximate surface area is 164 Å². The number of nitrogens with two attached hydrogens (primary N) is 1. The van der Waals surface area contributed by atoms with Gasteiger partial charge in [-0.2, -0.15) is 0 Å². The van der Waals surface area contributed by atoms with E-state index in [1.807, 2.05) is 14.1 Å². The van der Waals surface area contributed by atoms with Crippen LogP contribution in [0.25, 0.3) is 0 Å². The number of hydrogen-bond donors (Lipinski definition) is 3. The second-order valence-electron chi connectivity index (χ2n) is 9.72. The van der Waals surface area contributed by atoms with E-state index in [0.717, 1.165) is 25.6 Å². The minimum atomic E-state index is 0.314. The van der Waals surface area contributed by atoms with Gasteiger partial charge < -0.3 is 16.4 Å². The largest absolute Gasteiger partial charge is 0.329 e. The summed E-state index contributed by atoms with van der Waals surface area (Å²) in [6, 6.07) is 0. The molecule has 1 unspecified atom stereocenters. The van der Waals surface area contributed by atoms with Crippen molar-refractivity contribution in [3.8, 4) is 0 Å². The standard InChI is InChI=1S/C20H37N.C3H10N2/c1-19(2,3)18(20(4,5)6)17-13-11-16(12-14-17)10-8-9-15-21-7;1-5-3-2-4/h11,13-14,16,18,21H,8-10,12,15H2,1-7H3;5H,2-4H2,1H3. The number of rotatable bonds is 8. The molecule has 1 rings (SSSR count). The molecule has 0 spiro atoms. The number of likely N-dealkylation sites (N-methyl/N-ethyl adjacent to an activating group) is 1. The maximum atomic E-state index is 5.08. The van der Waals surface area contributed by atoms with Crippen molar-refractivity contribution >= 4 is 0 Å². The summed E-state index contributed by atoms with van der Waals surface area (Å²) in [7, 11) is 3.92. The highest BCUT2D eigenvalue weighted by molar-refractivity contribution is 5.29. The van der Waals surface area contributed by atoms with Crippen molar-refractivity contribution in [2.75, 3.05) is 33.7 Å². The van der Waals surface area contributed by atoms with E-state index in [2.05, 4.69) is 70.4 Å². The van der Waals surface area contributed by atoms with Gasteiger partial charge in [-0.1, -0.05) is 66.2 Å². The molecule has 0 amide bonds. The Morgan fingerprint density at radius 1 is 1.00 bits per heavy atom. The van der Waals surface area contributed by atoms with Crippen molar-refractivity contribution in [1.82, 2.24) is 10.6 Å². The summed E-state index contributed by atoms with van der Waals surface area (Å²) in [6.45, 7) is 17.1. The smallest absolute Gasteiger partial charge is 0.00714 e. The van der Waals surface area contributed by atoms with E-state index >= 15 is 0 Å². The SMILES string of the molecule is CNCCCCC1C=CC(C(C(C)(C)C)C(C)(C)C)=CC1.CNCCN. The fraction of sp³-hybridized carbons (Fsp3) is 0.826. The molecule has 0 aromatic carbocycles. The minimum Gasteiger partial charge on any atom is -0.329 e. The lowest BCUT2D eigenvalue weighted by molar-refractivity contribution is 0.139. The van der Waals surface area contributed by atoms with E-state index in [0.29, 0.717) is 16.7 Å². The molecular formula is C23H47N3. The lowest BCUT2D eigenvalue weighted by atomic mass is 9.62. The molecule has 0 aliphatic heterocycles. The van der Waals surface area contributed by atoms with Crippen molar-refractivity contribution in [3.05, 3.63) is 23.8 Å². The Balaban J connectivity index is 0.00000110. The van der Waals surface area contributed by atoms with Gasteiger partial charge in [0.2, 0.25) is 0 Å². The average Bonchev–Trinajstić information content (AvgIpc) is 2.52. The highest BCUT2D eigenvalue weighted by Gasteiger charge is 2.37. The van der Waals surface area contributed by atoms with Crippen LogP contribution in [0.4, 0.5) is 0 Å². The molecule has 0 saturated heterocycles. The van der Waals surface area contributed by atoms with Gasteiger partial charge in [0.25, 0.3) is 0 Å². The van der Waals surface area contributed by atoms with Gasteiger partial charge in [-0.15, -0.1) is 0 Å². The molecule has 0 fully saturated rings. The zero-order valence-electron chi connectivity index (χ0n) is 18.9. The fourth-order valence-electron chi connectivity index (χ4n) is 4.26. The molecule has 3 heteroatoms. The molecule has 0 radical (unpaired) electrons. The van der Waals surface area contributed by atoms with Crippen LogP contribution in [-0.2, 0) is 0 Å². The van der Waals surface area contributed by atoms with Crippen molar-refractivity contribution < 1.29 is 0 Å². The molecule has 0 aromatic rings. The molecule has 1 aliphatic carbocycles. The Hall–Kier alpha value is -0.640. The maximum Gasteiger partial charge on any atom is 0.00714 e. The monoisotopic (exact) mass is 365 g/mol. The summed E-state index contributed by atoms with van der Waals surface area (Å²) in [6.07, 6.45) is 12.6. The number of nitrogens with one attached hydrogen (secondary N) is 2. The van der Waals surface area contributed by atoms with Crippen LogP contribution in [0, 0.1) is 22.7 Å². The second kappa shape index (κ2) is 12.7. The Morgan fingerprint density at radius 2 is 1.58 bits per heavy atom. The van der Waals surface area contributed by atoms with E-state index in [4.69, 9.17) is 5.73 Å². The first-order valence-corrected chi connectivity index (χ1v) is 10.5. The lowest BCUT2D eigenvalue weighted by Gasteiger charge is -2.42. The van der Waals surface area contributed by atoms with Crippen LogP contribution in [0.2, 0.25) is 0 Å². The third kappa shape index (κ3) is 10.5. The maximum absolute atomic E-state index is 5.08. The van der Waals surface area contributed by atoms with Crippen molar-refractivity contribution in [3.63, 3.8) is 0 Å². The van der Waals surface area contributed by atoms with E-state index in [9.17, 15) is 0 Å². The number of hydrogen-bond acceptors (Lipinski definition) is 3. The van der Waals surface area contributed by atoms with Crippen molar-refractivity contribution in [1.29, 1.82) is 0 Å². The van der Waals surface area contributed by atoms with Gasteiger partial charge in [0.15, 0.2) is 0 Å². The average molecular weight is 366 g/mol. The summed E-state index contributed by atoms with van der Waals surface area (Å²) >= 11 is 0. The summed E-state index contributed by atoms with van der Waals surface area (Å²) < 4.78 is 0. The Kier molecular flexibility index (Phi) is 12.4. The van der Waals surface area contributed by atoms with Gasteiger partial charge >= 0.3 is 0 Å². The summed E-state index contributed by atoms with van der Waals surface area (Å²) in [4.78, 5) is 0. The van der Waals surface area contributed by atoms with Crippen molar-refractivity contribution in [2.24, 2.45) is 28.4 Å². The molecule has 1 atom stereocenters. The Morgan fingerprint density at radius 3 is 1.92 bits per heavy atom. The van der Waals surface area contributed by atoms with Crippen LogP contribution in [0.1, 0.15) is 67.2 Å². The molecule has 4 N–H and O–H groups in total. The van der Waals surface area contributed by atoms with Crippen molar-refractivity contribution in [2.45, 2.75) is 67.2 Å². The zero-order valence-corrected chi connectivity index (χ0v) is 18.9. The van der Waals surface area contributed by atoms with Gasteiger partial charge in [-0.3, -0.25) is 0 Å². The third-order valence-corrected chi connectivity index (χ3v) is 4.93. The topological polar surface area (TPSA) is 50.1 Å². The highest BCUT2D eigenvalue weighted by atomic mass is 14.8. The van der Waals surface area contributed by atoms with Crippen LogP contribution in [0.15, 0.2) is 23.8 Å². The van der Waals surface area contributed by atoms with E-state index in [1.165, 1.54) is 25.7 Å². The normalized spacial score (nSPS) is 17.8. The summed E-state index contributed by atoms with van der Waals surface area (Å²) in [5, 5.41) is 6.12. The Bertz CT molecular complexity index is 394. The minimum absolute atomic E-state index is 0.314. The lowest BCUT2D eigenvalue weighted by Crippen LogP contribution is -2.34. The molecular weight excluding hydrogens is 318 g/mol. The molecule has 0 bridgehead atoms. The fourth-order valence-corrected chi connectivity index (χ4v) is 4.26. The third-order valence-electron chi connectivity index (χ3n) is 4.93. The summed E-state index contributed by atoms with van der Waals surface area (Å²) in [5.41, 5.74) is 7.26. The van der Waals surface area contributed by atoms with Crippen LogP contribution in [0.3, 0.4) is 0 Å². The van der Waals surface area contributed by atoms with E-state index in [1.54, 1.807) is 5.57 Å². The van der Waals surface area contributed by atoms with Crippen LogP contribution in [-0.4, -0.2) is 33.7 Å². The first-order valence-electron chi connectivity index (χ1n) is 10.5. The molecule has 154 valence electrons. The van der Waals surface area contributed by atoms with E-state index in [-0.39, 0.29) is 0 Å². The predicted octanol–water partition coefficient (Wildman–Crippen LogP) is 4.75. The molecule has 3 nitrogen and oxygen atoms in total. The molecule has 1 aliphatic rings. The van der Waals surface area contributed by atoms with Crippen LogP contribution < -0.4 is 16.4 Å².